The summed E-state index contributed by atoms with van der Waals surface area (Å²) < 4.78 is 0. The van der Waals surface area contributed by atoms with Crippen LogP contribution in [-0.2, 0) is 4.79 Å². The molecule has 1 unspecified atom stereocenters. The molecule has 3 atom stereocenters. The van der Waals surface area contributed by atoms with Crippen LogP contribution in [0.4, 0.5) is 0 Å². The summed E-state index contributed by atoms with van der Waals surface area (Å²) in [5.41, 5.74) is 0. The van der Waals surface area contributed by atoms with Gasteiger partial charge in [0.2, 0.25) is 0 Å². The van der Waals surface area contributed by atoms with Gasteiger partial charge in [0.05, 0.1) is 12.1 Å². The molecule has 1 amide bonds. The van der Waals surface area contributed by atoms with Crippen LogP contribution in [0, 0.1) is 0 Å². The Morgan fingerprint density at radius 3 is 2.44 bits per heavy atom. The summed E-state index contributed by atoms with van der Waals surface area (Å²) in [6.45, 7) is 1.52. The van der Waals surface area contributed by atoms with Gasteiger partial charge < -0.3 is 15.5 Å². The third kappa shape index (κ3) is 0.906. The van der Waals surface area contributed by atoms with Crippen molar-refractivity contribution in [3.63, 3.8) is 0 Å². The highest BCUT2D eigenvalue weighted by Crippen LogP contribution is 2.08. The summed E-state index contributed by atoms with van der Waals surface area (Å²) in [6, 6.07) is -0.461. The lowest BCUT2D eigenvalue weighted by molar-refractivity contribution is -0.147. The Balaban J connectivity index is 2.42. The second kappa shape index (κ2) is 1.97. The predicted octanol–water partition coefficient (Wildman–Crippen LogP) is -1.77. The number of aliphatic hydroxyl groups excluding tert-OH is 2. The molecule has 9 heavy (non-hydrogen) atoms. The molecule has 0 aromatic carbocycles. The Kier molecular flexibility index (Phi) is 1.42. The van der Waals surface area contributed by atoms with Gasteiger partial charge in [-0.3, -0.25) is 4.79 Å². The Bertz CT molecular complexity index is 134. The number of hydrogen-bond acceptors (Lipinski definition) is 3. The highest BCUT2D eigenvalue weighted by molar-refractivity contribution is 5.88. The van der Waals surface area contributed by atoms with E-state index in [1.807, 2.05) is 0 Å². The molecule has 4 nitrogen and oxygen atoms in total. The van der Waals surface area contributed by atoms with Crippen molar-refractivity contribution >= 4 is 5.91 Å². The number of hydrogen-bond donors (Lipinski definition) is 3. The molecule has 1 aliphatic heterocycles. The molecule has 0 aromatic rings. The highest BCUT2D eigenvalue weighted by Gasteiger charge is 2.40. The van der Waals surface area contributed by atoms with E-state index in [2.05, 4.69) is 5.32 Å². The molecule has 0 aliphatic carbocycles. The molecular weight excluding hydrogens is 122 g/mol. The Labute approximate surface area is 52.5 Å². The van der Waals surface area contributed by atoms with Gasteiger partial charge >= 0.3 is 0 Å². The van der Waals surface area contributed by atoms with Crippen molar-refractivity contribution in [2.75, 3.05) is 0 Å². The first-order valence-electron chi connectivity index (χ1n) is 2.79. The van der Waals surface area contributed by atoms with Gasteiger partial charge in [0.1, 0.15) is 0 Å². The predicted molar refractivity (Wildman–Crippen MR) is 29.6 cm³/mol. The molecule has 1 fully saturated rings. The fraction of sp³-hybridized carbons (Fsp3) is 0.800. The summed E-state index contributed by atoms with van der Waals surface area (Å²) in [5, 5.41) is 19.9. The number of nitrogens with one attached hydrogen (secondary N) is 1. The van der Waals surface area contributed by atoms with Crippen molar-refractivity contribution in [3.05, 3.63) is 0 Å². The minimum Gasteiger partial charge on any atom is -0.391 e. The van der Waals surface area contributed by atoms with Crippen LogP contribution in [0.5, 0.6) is 0 Å². The van der Waals surface area contributed by atoms with Crippen LogP contribution in [0.2, 0.25) is 0 Å². The van der Waals surface area contributed by atoms with E-state index in [0.717, 1.165) is 0 Å². The van der Waals surface area contributed by atoms with Gasteiger partial charge in [0.25, 0.3) is 5.91 Å². The number of aliphatic hydroxyl groups is 2. The van der Waals surface area contributed by atoms with E-state index in [4.69, 9.17) is 10.2 Å². The van der Waals surface area contributed by atoms with Gasteiger partial charge in [-0.1, -0.05) is 0 Å². The van der Waals surface area contributed by atoms with Crippen LogP contribution < -0.4 is 5.32 Å². The van der Waals surface area contributed by atoms with E-state index in [0.29, 0.717) is 0 Å². The molecule has 52 valence electrons. The van der Waals surface area contributed by atoms with Crippen LogP contribution in [0.3, 0.4) is 0 Å². The topological polar surface area (TPSA) is 69.6 Å². The van der Waals surface area contributed by atoms with Gasteiger partial charge in [-0.15, -0.1) is 0 Å². The van der Waals surface area contributed by atoms with Gasteiger partial charge in [0, 0.05) is 0 Å². The summed E-state index contributed by atoms with van der Waals surface area (Å²) in [6.07, 6.45) is -1.68. The molecule has 1 rings (SSSR count). The van der Waals surface area contributed by atoms with Crippen LogP contribution in [0.15, 0.2) is 0 Å². The average molecular weight is 131 g/mol. The summed E-state index contributed by atoms with van der Waals surface area (Å²) in [7, 11) is 0. The minimum absolute atomic E-state index is 0.402. The first kappa shape index (κ1) is 6.51. The standard InChI is InChI=1S/C5H9NO3/c1-2(7)3-4(8)5(9)6-3/h2-4,7-8H,1H3,(H,6,9)/t2?,3-,4+/m0/s1. The average Bonchev–Trinajstić information content (AvgIpc) is 1.81. The lowest BCUT2D eigenvalue weighted by Gasteiger charge is -2.34. The van der Waals surface area contributed by atoms with Crippen LogP contribution in [0.25, 0.3) is 0 Å². The third-order valence-corrected chi connectivity index (χ3v) is 1.44. The summed E-state index contributed by atoms with van der Waals surface area (Å²) >= 11 is 0. The van der Waals surface area contributed by atoms with E-state index in [1.54, 1.807) is 0 Å². The Morgan fingerprint density at radius 2 is 2.33 bits per heavy atom. The normalized spacial score (nSPS) is 37.0. The largest absolute Gasteiger partial charge is 0.391 e. The second-order valence-corrected chi connectivity index (χ2v) is 2.22. The molecular formula is C5H9NO3. The van der Waals surface area contributed by atoms with Gasteiger partial charge in [-0.25, -0.2) is 0 Å². The second-order valence-electron chi connectivity index (χ2n) is 2.22. The monoisotopic (exact) mass is 131 g/mol. The third-order valence-electron chi connectivity index (χ3n) is 1.44. The molecule has 1 aliphatic rings. The maximum absolute atomic E-state index is 10.3. The van der Waals surface area contributed by atoms with E-state index >= 15 is 0 Å². The smallest absolute Gasteiger partial charge is 0.251 e. The van der Waals surface area contributed by atoms with Gasteiger partial charge in [-0.05, 0) is 6.92 Å². The molecule has 1 saturated heterocycles. The number of amides is 1. The number of carbonyl (C=O) groups is 1. The number of carbonyl (C=O) groups excluding carboxylic acids is 1. The first-order valence-corrected chi connectivity index (χ1v) is 2.79. The molecule has 3 N–H and O–H groups in total. The quantitative estimate of drug-likeness (QED) is 0.369. The lowest BCUT2D eigenvalue weighted by atomic mass is 9.98. The summed E-state index contributed by atoms with van der Waals surface area (Å²) in [4.78, 5) is 10.3. The van der Waals surface area contributed by atoms with Crippen LogP contribution in [-0.4, -0.2) is 34.4 Å². The van der Waals surface area contributed by atoms with Gasteiger partial charge in [-0.2, -0.15) is 0 Å². The molecule has 0 saturated carbocycles. The maximum atomic E-state index is 10.3. The number of β-lactam (4-membered cyclic amide) rings is 1. The Hall–Kier alpha value is -0.610. The zero-order valence-electron chi connectivity index (χ0n) is 5.03. The van der Waals surface area contributed by atoms with Crippen LogP contribution >= 0.6 is 0 Å². The fourth-order valence-electron chi connectivity index (χ4n) is 0.780. The molecule has 0 aromatic heterocycles. The van der Waals surface area contributed by atoms with E-state index in [-0.39, 0.29) is 0 Å². The molecule has 0 bridgehead atoms. The van der Waals surface area contributed by atoms with Crippen molar-refractivity contribution in [2.24, 2.45) is 0 Å². The summed E-state index contributed by atoms with van der Waals surface area (Å²) in [5.74, 6) is -0.402. The van der Waals surface area contributed by atoms with Gasteiger partial charge in [0.15, 0.2) is 6.10 Å². The lowest BCUT2D eigenvalue weighted by Crippen LogP contribution is -2.66. The Morgan fingerprint density at radius 1 is 1.78 bits per heavy atom. The zero-order valence-corrected chi connectivity index (χ0v) is 5.03. The van der Waals surface area contributed by atoms with Crippen molar-refractivity contribution in [1.29, 1.82) is 0 Å². The van der Waals surface area contributed by atoms with Crippen molar-refractivity contribution in [3.8, 4) is 0 Å². The number of rotatable bonds is 1. The zero-order chi connectivity index (χ0) is 7.02. The SMILES string of the molecule is CC(O)[C@@H]1NC(=O)[C@@H]1O. The van der Waals surface area contributed by atoms with Crippen molar-refractivity contribution < 1.29 is 15.0 Å². The fourth-order valence-corrected chi connectivity index (χ4v) is 0.780. The molecule has 0 spiro atoms. The highest BCUT2D eigenvalue weighted by atomic mass is 16.3. The molecule has 4 heteroatoms. The minimum atomic E-state index is -1.01. The van der Waals surface area contributed by atoms with E-state index in [1.165, 1.54) is 6.92 Å². The first-order chi connectivity index (χ1) is 4.13. The van der Waals surface area contributed by atoms with Crippen molar-refractivity contribution in [1.82, 2.24) is 5.32 Å². The van der Waals surface area contributed by atoms with E-state index in [9.17, 15) is 4.79 Å². The maximum Gasteiger partial charge on any atom is 0.251 e. The molecule has 1 heterocycles. The van der Waals surface area contributed by atoms with E-state index < -0.39 is 24.2 Å². The van der Waals surface area contributed by atoms with Crippen LogP contribution in [0.1, 0.15) is 6.92 Å². The van der Waals surface area contributed by atoms with Crippen molar-refractivity contribution in [2.45, 2.75) is 25.2 Å². The molecule has 0 radical (unpaired) electrons.